The zero-order chi connectivity index (χ0) is 14.4. The van der Waals surface area contributed by atoms with Crippen LogP contribution in [0.1, 0.15) is 31.4 Å². The molecule has 0 amide bonds. The summed E-state index contributed by atoms with van der Waals surface area (Å²) in [4.78, 5) is 5.40. The third-order valence-corrected chi connectivity index (χ3v) is 3.66. The maximum absolute atomic E-state index is 9.03. The van der Waals surface area contributed by atoms with E-state index < -0.39 is 0 Å². The van der Waals surface area contributed by atoms with Crippen LogP contribution in [-0.2, 0) is 0 Å². The van der Waals surface area contributed by atoms with Crippen molar-refractivity contribution in [2.24, 2.45) is 0 Å². The highest BCUT2D eigenvalue weighted by molar-refractivity contribution is 7.99. The molecule has 0 unspecified atom stereocenters. The molecule has 1 aromatic carbocycles. The van der Waals surface area contributed by atoms with Crippen molar-refractivity contribution in [1.82, 2.24) is 4.98 Å². The highest BCUT2D eigenvalue weighted by Crippen LogP contribution is 2.22. The second kappa shape index (κ2) is 7.01. The zero-order valence-electron chi connectivity index (χ0n) is 11.6. The van der Waals surface area contributed by atoms with Gasteiger partial charge in [0, 0.05) is 23.1 Å². The van der Waals surface area contributed by atoms with Crippen LogP contribution in [0.3, 0.4) is 0 Å². The molecule has 0 radical (unpaired) electrons. The van der Waals surface area contributed by atoms with Crippen LogP contribution in [0.4, 0.5) is 5.88 Å². The van der Waals surface area contributed by atoms with E-state index in [1.165, 1.54) is 4.90 Å². The van der Waals surface area contributed by atoms with Gasteiger partial charge in [0.15, 0.2) is 0 Å². The van der Waals surface area contributed by atoms with Gasteiger partial charge in [0.1, 0.15) is 6.07 Å². The fourth-order valence-electron chi connectivity index (χ4n) is 1.63. The number of hydrogen-bond donors (Lipinski definition) is 1. The number of aromatic nitrogens is 1. The maximum atomic E-state index is 9.03. The second-order valence-electron chi connectivity index (χ2n) is 4.58. The van der Waals surface area contributed by atoms with Crippen LogP contribution in [0.5, 0.6) is 0 Å². The Hall–Kier alpha value is -1.93. The van der Waals surface area contributed by atoms with Gasteiger partial charge in [0.25, 0.3) is 0 Å². The van der Waals surface area contributed by atoms with Crippen molar-refractivity contribution in [3.05, 3.63) is 41.9 Å². The summed E-state index contributed by atoms with van der Waals surface area (Å²) in [5.74, 6) is 2.15. The molecule has 5 heteroatoms. The smallest absolute Gasteiger partial charge is 0.232 e. The molecule has 0 saturated heterocycles. The minimum Gasteiger partial charge on any atom is -0.424 e. The normalized spacial score (nSPS) is 10.5. The Balaban J connectivity index is 1.86. The molecule has 4 nitrogen and oxygen atoms in total. The summed E-state index contributed by atoms with van der Waals surface area (Å²) >= 11 is 1.76. The molecule has 1 heterocycles. The van der Waals surface area contributed by atoms with Crippen molar-refractivity contribution in [1.29, 1.82) is 5.26 Å². The van der Waals surface area contributed by atoms with Gasteiger partial charge in [-0.05, 0) is 12.1 Å². The molecular weight excluding hydrogens is 270 g/mol. The van der Waals surface area contributed by atoms with Crippen molar-refractivity contribution in [2.75, 3.05) is 17.6 Å². The quantitative estimate of drug-likeness (QED) is 0.645. The average Bonchev–Trinajstić information content (AvgIpc) is 2.88. The molecule has 0 spiro atoms. The lowest BCUT2D eigenvalue weighted by molar-refractivity contribution is 0.481. The van der Waals surface area contributed by atoms with Crippen LogP contribution in [0.15, 0.2) is 39.6 Å². The Labute approximate surface area is 123 Å². The van der Waals surface area contributed by atoms with Crippen LogP contribution >= 0.6 is 11.8 Å². The first-order valence-electron chi connectivity index (χ1n) is 6.53. The Morgan fingerprint density at radius 2 is 2.10 bits per heavy atom. The number of benzene rings is 1. The summed E-state index contributed by atoms with van der Waals surface area (Å²) in [7, 11) is 0. The number of rotatable bonds is 6. The molecule has 1 aromatic heterocycles. The molecule has 0 saturated carbocycles. The lowest BCUT2D eigenvalue weighted by atomic mass is 10.2. The van der Waals surface area contributed by atoms with E-state index in [0.29, 0.717) is 17.5 Å². The highest BCUT2D eigenvalue weighted by Gasteiger charge is 2.14. The highest BCUT2D eigenvalue weighted by atomic mass is 32.2. The van der Waals surface area contributed by atoms with Crippen molar-refractivity contribution in [2.45, 2.75) is 24.7 Å². The van der Waals surface area contributed by atoms with Gasteiger partial charge in [-0.25, -0.2) is 4.98 Å². The van der Waals surface area contributed by atoms with Gasteiger partial charge < -0.3 is 9.73 Å². The Kier molecular flexibility index (Phi) is 5.08. The van der Waals surface area contributed by atoms with Gasteiger partial charge in [-0.2, -0.15) is 5.26 Å². The lowest BCUT2D eigenvalue weighted by Gasteiger charge is -2.03. The van der Waals surface area contributed by atoms with Crippen LogP contribution in [0.2, 0.25) is 0 Å². The lowest BCUT2D eigenvalue weighted by Crippen LogP contribution is -2.04. The molecule has 0 bridgehead atoms. The number of oxazole rings is 1. The predicted octanol–water partition coefficient (Wildman–Crippen LogP) is 3.87. The second-order valence-corrected chi connectivity index (χ2v) is 5.75. The molecular formula is C15H17N3OS. The molecule has 0 atom stereocenters. The van der Waals surface area contributed by atoms with E-state index in [9.17, 15) is 0 Å². The van der Waals surface area contributed by atoms with Gasteiger partial charge in [0.05, 0.1) is 0 Å². The molecule has 0 aliphatic heterocycles. The van der Waals surface area contributed by atoms with E-state index in [0.717, 1.165) is 12.3 Å². The molecule has 0 aliphatic carbocycles. The molecule has 1 N–H and O–H groups in total. The Morgan fingerprint density at radius 1 is 1.35 bits per heavy atom. The number of hydrogen-bond acceptors (Lipinski definition) is 5. The number of thioether (sulfide) groups is 1. The monoisotopic (exact) mass is 287 g/mol. The fourth-order valence-corrected chi connectivity index (χ4v) is 2.42. The molecule has 0 aliphatic rings. The first-order chi connectivity index (χ1) is 9.70. The largest absolute Gasteiger partial charge is 0.424 e. The standard InChI is InChI=1S/C15H17N3OS/c1-11(2)14-18-13(10-16)15(19-14)17-8-9-20-12-6-4-3-5-7-12/h3-7,11,17H,8-9H2,1-2H3. The van der Waals surface area contributed by atoms with Gasteiger partial charge in [-0.15, -0.1) is 11.8 Å². The van der Waals surface area contributed by atoms with Crippen molar-refractivity contribution < 1.29 is 4.42 Å². The first kappa shape index (κ1) is 14.5. The van der Waals surface area contributed by atoms with E-state index in [4.69, 9.17) is 9.68 Å². The summed E-state index contributed by atoms with van der Waals surface area (Å²) in [6, 6.07) is 12.3. The van der Waals surface area contributed by atoms with Crippen LogP contribution in [0.25, 0.3) is 0 Å². The summed E-state index contributed by atoms with van der Waals surface area (Å²) in [6.45, 7) is 4.70. The van der Waals surface area contributed by atoms with E-state index >= 15 is 0 Å². The minimum absolute atomic E-state index is 0.177. The van der Waals surface area contributed by atoms with Gasteiger partial charge in [-0.1, -0.05) is 32.0 Å². The van der Waals surface area contributed by atoms with Crippen LogP contribution < -0.4 is 5.32 Å². The van der Waals surface area contributed by atoms with Crippen LogP contribution in [-0.4, -0.2) is 17.3 Å². The summed E-state index contributed by atoms with van der Waals surface area (Å²) in [5.41, 5.74) is 0.332. The summed E-state index contributed by atoms with van der Waals surface area (Å²) < 4.78 is 5.57. The third kappa shape index (κ3) is 3.78. The number of nitrogens with one attached hydrogen (secondary N) is 1. The molecule has 0 fully saturated rings. The predicted molar refractivity (Wildman–Crippen MR) is 81.0 cm³/mol. The molecule has 104 valence electrons. The van der Waals surface area contributed by atoms with Crippen molar-refractivity contribution in [3.63, 3.8) is 0 Å². The summed E-state index contributed by atoms with van der Waals surface area (Å²) in [5, 5.41) is 12.2. The van der Waals surface area contributed by atoms with Crippen LogP contribution in [0, 0.1) is 11.3 Å². The molecule has 20 heavy (non-hydrogen) atoms. The van der Waals surface area contributed by atoms with Gasteiger partial charge >= 0.3 is 0 Å². The van der Waals surface area contributed by atoms with E-state index in [1.807, 2.05) is 32.0 Å². The molecule has 2 rings (SSSR count). The SMILES string of the molecule is CC(C)c1nc(C#N)c(NCCSc2ccccc2)o1. The Bertz CT molecular complexity index is 587. The molecule has 2 aromatic rings. The number of nitriles is 1. The van der Waals surface area contributed by atoms with Gasteiger partial charge in [-0.3, -0.25) is 0 Å². The van der Waals surface area contributed by atoms with E-state index in [2.05, 4.69) is 28.5 Å². The topological polar surface area (TPSA) is 61.9 Å². The fraction of sp³-hybridized carbons (Fsp3) is 0.333. The number of nitrogens with zero attached hydrogens (tertiary/aromatic N) is 2. The summed E-state index contributed by atoms with van der Waals surface area (Å²) in [6.07, 6.45) is 0. The maximum Gasteiger partial charge on any atom is 0.232 e. The first-order valence-corrected chi connectivity index (χ1v) is 7.52. The number of anilines is 1. The van der Waals surface area contributed by atoms with E-state index in [-0.39, 0.29) is 5.92 Å². The zero-order valence-corrected chi connectivity index (χ0v) is 12.4. The minimum atomic E-state index is 0.177. The third-order valence-electron chi connectivity index (χ3n) is 2.64. The van der Waals surface area contributed by atoms with E-state index in [1.54, 1.807) is 11.8 Å². The van der Waals surface area contributed by atoms with Gasteiger partial charge in [0.2, 0.25) is 17.5 Å². The average molecular weight is 287 g/mol. The van der Waals surface area contributed by atoms with Crippen molar-refractivity contribution >= 4 is 17.6 Å². The Morgan fingerprint density at radius 3 is 2.75 bits per heavy atom. The van der Waals surface area contributed by atoms with Crippen molar-refractivity contribution in [3.8, 4) is 6.07 Å².